The zero-order chi connectivity index (χ0) is 16.8. The minimum Gasteiger partial charge on any atom is -0.325 e. The third-order valence-electron chi connectivity index (χ3n) is 3.61. The van der Waals surface area contributed by atoms with E-state index in [1.165, 1.54) is 12.5 Å². The first-order valence-corrected chi connectivity index (χ1v) is 7.93. The first-order valence-electron chi connectivity index (χ1n) is 7.93. The van der Waals surface area contributed by atoms with Crippen molar-refractivity contribution in [1.82, 2.24) is 0 Å². The van der Waals surface area contributed by atoms with Crippen LogP contribution in [0.4, 0.5) is 5.69 Å². The van der Waals surface area contributed by atoms with Crippen molar-refractivity contribution >= 4 is 17.4 Å². The molecule has 0 aliphatic carbocycles. The Kier molecular flexibility index (Phi) is 5.69. The van der Waals surface area contributed by atoms with E-state index in [-0.39, 0.29) is 11.7 Å². The molecule has 23 heavy (non-hydrogen) atoms. The molecule has 2 rings (SSSR count). The molecule has 1 N–H and O–H groups in total. The molecule has 120 valence electrons. The fourth-order valence-corrected chi connectivity index (χ4v) is 2.54. The summed E-state index contributed by atoms with van der Waals surface area (Å²) in [7, 11) is 0. The molecule has 0 aliphatic rings. The lowest BCUT2D eigenvalue weighted by atomic mass is 10.0. The average molecular weight is 309 g/mol. The number of nitrogens with one attached hydrogen (secondary N) is 1. The molecular weight excluding hydrogens is 286 g/mol. The first kappa shape index (κ1) is 16.9. The monoisotopic (exact) mass is 309 g/mol. The van der Waals surface area contributed by atoms with E-state index in [0.717, 1.165) is 12.0 Å². The fraction of sp³-hybridized carbons (Fsp3) is 0.300. The van der Waals surface area contributed by atoms with Crippen molar-refractivity contribution in [1.29, 1.82) is 0 Å². The predicted octanol–water partition coefficient (Wildman–Crippen LogP) is 4.27. The summed E-state index contributed by atoms with van der Waals surface area (Å²) in [6.07, 6.45) is 1.34. The molecule has 0 radical (unpaired) electrons. The van der Waals surface area contributed by atoms with Crippen LogP contribution in [-0.2, 0) is 17.6 Å². The van der Waals surface area contributed by atoms with Gasteiger partial charge in [0.15, 0.2) is 5.78 Å². The molecule has 0 aromatic heterocycles. The number of benzene rings is 2. The second-order valence-electron chi connectivity index (χ2n) is 6.24. The summed E-state index contributed by atoms with van der Waals surface area (Å²) in [5.41, 5.74) is 3.36. The van der Waals surface area contributed by atoms with E-state index in [1.807, 2.05) is 18.2 Å². The maximum atomic E-state index is 12.2. The summed E-state index contributed by atoms with van der Waals surface area (Å²) < 4.78 is 0. The number of hydrogen-bond donors (Lipinski definition) is 1. The second-order valence-corrected chi connectivity index (χ2v) is 6.24. The van der Waals surface area contributed by atoms with Gasteiger partial charge in [-0.3, -0.25) is 9.59 Å². The first-order chi connectivity index (χ1) is 11.0. The highest BCUT2D eigenvalue weighted by molar-refractivity contribution is 6.04. The number of Topliss-reactive ketones (excluding diaryl/α,β-unsaturated/α-hetero) is 1. The van der Waals surface area contributed by atoms with Crippen LogP contribution in [0.25, 0.3) is 0 Å². The van der Waals surface area contributed by atoms with E-state index < -0.39 is 0 Å². The molecule has 0 aliphatic heterocycles. The number of anilines is 1. The normalized spacial score (nSPS) is 10.6. The van der Waals surface area contributed by atoms with Gasteiger partial charge in [0.1, 0.15) is 0 Å². The molecule has 0 atom stereocenters. The van der Waals surface area contributed by atoms with Gasteiger partial charge in [-0.25, -0.2) is 0 Å². The number of ketones is 1. The van der Waals surface area contributed by atoms with Gasteiger partial charge < -0.3 is 5.32 Å². The van der Waals surface area contributed by atoms with Crippen LogP contribution < -0.4 is 5.32 Å². The molecule has 0 saturated carbocycles. The van der Waals surface area contributed by atoms with Crippen molar-refractivity contribution in [3.63, 3.8) is 0 Å². The van der Waals surface area contributed by atoms with Crippen molar-refractivity contribution in [2.24, 2.45) is 5.92 Å². The summed E-state index contributed by atoms with van der Waals surface area (Å²) in [6, 6.07) is 15.2. The van der Waals surface area contributed by atoms with Crippen molar-refractivity contribution < 1.29 is 9.59 Å². The minimum atomic E-state index is -0.115. The number of carbonyl (C=O) groups excluding carboxylic acids is 2. The van der Waals surface area contributed by atoms with E-state index in [1.54, 1.807) is 18.2 Å². The Labute approximate surface area is 137 Å². The molecule has 3 nitrogen and oxygen atoms in total. The summed E-state index contributed by atoms with van der Waals surface area (Å²) in [5.74, 6) is 0.446. The molecule has 1 amide bonds. The van der Waals surface area contributed by atoms with E-state index in [0.29, 0.717) is 23.6 Å². The van der Waals surface area contributed by atoms with Crippen LogP contribution in [0.3, 0.4) is 0 Å². The Morgan fingerprint density at radius 2 is 1.57 bits per heavy atom. The van der Waals surface area contributed by atoms with Gasteiger partial charge in [-0.1, -0.05) is 50.2 Å². The van der Waals surface area contributed by atoms with Crippen molar-refractivity contribution in [2.75, 3.05) is 5.32 Å². The quantitative estimate of drug-likeness (QED) is 0.810. The SMILES string of the molecule is CC(=O)c1ccccc1NC(=O)Cc1ccc(CC(C)C)cc1. The third kappa shape index (κ3) is 5.06. The Morgan fingerprint density at radius 1 is 0.957 bits per heavy atom. The maximum Gasteiger partial charge on any atom is 0.228 e. The average Bonchev–Trinajstić information content (AvgIpc) is 2.49. The summed E-state index contributed by atoms with van der Waals surface area (Å²) >= 11 is 0. The van der Waals surface area contributed by atoms with Crippen LogP contribution >= 0.6 is 0 Å². The number of rotatable bonds is 6. The van der Waals surface area contributed by atoms with Crippen molar-refractivity contribution in [3.05, 3.63) is 65.2 Å². The molecule has 0 heterocycles. The number of carbonyl (C=O) groups is 2. The molecule has 0 saturated heterocycles. The van der Waals surface area contributed by atoms with Crippen molar-refractivity contribution in [3.8, 4) is 0 Å². The molecule has 0 bridgehead atoms. The lowest BCUT2D eigenvalue weighted by Gasteiger charge is -2.10. The van der Waals surface area contributed by atoms with Gasteiger partial charge in [-0.15, -0.1) is 0 Å². The van der Waals surface area contributed by atoms with Crippen LogP contribution in [0.2, 0.25) is 0 Å². The highest BCUT2D eigenvalue weighted by atomic mass is 16.1. The molecule has 2 aromatic carbocycles. The summed E-state index contributed by atoms with van der Waals surface area (Å²) in [6.45, 7) is 5.88. The van der Waals surface area contributed by atoms with Crippen LogP contribution in [0.5, 0.6) is 0 Å². The van der Waals surface area contributed by atoms with Gasteiger partial charge in [0.2, 0.25) is 5.91 Å². The second kappa shape index (κ2) is 7.73. The zero-order valence-electron chi connectivity index (χ0n) is 13.9. The molecule has 0 unspecified atom stereocenters. The molecular formula is C20H23NO2. The molecule has 2 aromatic rings. The Bertz CT molecular complexity index is 687. The number of hydrogen-bond acceptors (Lipinski definition) is 2. The van der Waals surface area contributed by atoms with E-state index in [4.69, 9.17) is 0 Å². The summed E-state index contributed by atoms with van der Waals surface area (Å²) in [5, 5.41) is 2.83. The standard InChI is InChI=1S/C20H23NO2/c1-14(2)12-16-8-10-17(11-9-16)13-20(23)21-19-7-5-4-6-18(19)15(3)22/h4-11,14H,12-13H2,1-3H3,(H,21,23). The smallest absolute Gasteiger partial charge is 0.228 e. The lowest BCUT2D eigenvalue weighted by Crippen LogP contribution is -2.16. The topological polar surface area (TPSA) is 46.2 Å². The minimum absolute atomic E-state index is 0.0565. The maximum absolute atomic E-state index is 12.2. The Balaban J connectivity index is 2.01. The zero-order valence-corrected chi connectivity index (χ0v) is 13.9. The van der Waals surface area contributed by atoms with Gasteiger partial charge in [0, 0.05) is 5.56 Å². The largest absolute Gasteiger partial charge is 0.325 e. The van der Waals surface area contributed by atoms with Gasteiger partial charge in [-0.05, 0) is 42.5 Å². The number of amides is 1. The highest BCUT2D eigenvalue weighted by Crippen LogP contribution is 2.16. The Hall–Kier alpha value is -2.42. The molecule has 3 heteroatoms. The van der Waals surface area contributed by atoms with Crippen LogP contribution in [0, 0.1) is 5.92 Å². The number of para-hydroxylation sites is 1. The van der Waals surface area contributed by atoms with E-state index in [9.17, 15) is 9.59 Å². The Morgan fingerprint density at radius 3 is 2.17 bits per heavy atom. The van der Waals surface area contributed by atoms with Gasteiger partial charge in [0.05, 0.1) is 12.1 Å². The fourth-order valence-electron chi connectivity index (χ4n) is 2.54. The summed E-state index contributed by atoms with van der Waals surface area (Å²) in [4.78, 5) is 23.8. The van der Waals surface area contributed by atoms with E-state index in [2.05, 4.69) is 31.3 Å². The van der Waals surface area contributed by atoms with Crippen LogP contribution in [0.15, 0.2) is 48.5 Å². The highest BCUT2D eigenvalue weighted by Gasteiger charge is 2.10. The van der Waals surface area contributed by atoms with Gasteiger partial charge in [0.25, 0.3) is 0 Å². The lowest BCUT2D eigenvalue weighted by molar-refractivity contribution is -0.115. The predicted molar refractivity (Wildman–Crippen MR) is 93.8 cm³/mol. The molecule has 0 spiro atoms. The van der Waals surface area contributed by atoms with Gasteiger partial charge >= 0.3 is 0 Å². The van der Waals surface area contributed by atoms with Crippen LogP contribution in [-0.4, -0.2) is 11.7 Å². The van der Waals surface area contributed by atoms with Gasteiger partial charge in [-0.2, -0.15) is 0 Å². The third-order valence-corrected chi connectivity index (χ3v) is 3.61. The van der Waals surface area contributed by atoms with Crippen molar-refractivity contribution in [2.45, 2.75) is 33.6 Å². The van der Waals surface area contributed by atoms with Crippen LogP contribution in [0.1, 0.15) is 42.3 Å². The molecule has 0 fully saturated rings. The van der Waals surface area contributed by atoms with E-state index >= 15 is 0 Å².